The van der Waals surface area contributed by atoms with Crippen molar-refractivity contribution in [3.8, 4) is 5.82 Å². The Morgan fingerprint density at radius 1 is 1.17 bits per heavy atom. The van der Waals surface area contributed by atoms with E-state index in [4.69, 9.17) is 0 Å². The summed E-state index contributed by atoms with van der Waals surface area (Å²) in [4.78, 5) is 26.4. The zero-order valence-corrected chi connectivity index (χ0v) is 19.7. The summed E-state index contributed by atoms with van der Waals surface area (Å²) in [6, 6.07) is 7.17. The summed E-state index contributed by atoms with van der Waals surface area (Å²) in [6.07, 6.45) is 5.45. The van der Waals surface area contributed by atoms with Crippen LogP contribution < -0.4 is 10.6 Å². The predicted octanol–water partition coefficient (Wildman–Crippen LogP) is 3.65. The van der Waals surface area contributed by atoms with Gasteiger partial charge >= 0.3 is 0 Å². The van der Waals surface area contributed by atoms with Gasteiger partial charge in [-0.1, -0.05) is 6.07 Å². The number of nitrogens with zero attached hydrogens (tertiary/aromatic N) is 6. The fourth-order valence-corrected chi connectivity index (χ4v) is 4.12. The van der Waals surface area contributed by atoms with Gasteiger partial charge in [0.25, 0.3) is 0 Å². The van der Waals surface area contributed by atoms with E-state index in [9.17, 15) is 9.18 Å². The minimum atomic E-state index is -0.424. The first-order valence-electron chi connectivity index (χ1n) is 11.5. The van der Waals surface area contributed by atoms with Gasteiger partial charge in [-0.25, -0.2) is 24.0 Å². The van der Waals surface area contributed by atoms with Crippen molar-refractivity contribution in [1.29, 1.82) is 0 Å². The number of nitrogens with one attached hydrogen (secondary N) is 3. The Morgan fingerprint density at radius 2 is 2.00 bits per heavy atom. The maximum absolute atomic E-state index is 13.2. The van der Waals surface area contributed by atoms with Crippen LogP contribution in [0.3, 0.4) is 0 Å². The summed E-state index contributed by atoms with van der Waals surface area (Å²) < 4.78 is 14.5. The van der Waals surface area contributed by atoms with Crippen LogP contribution in [0.15, 0.2) is 42.9 Å². The van der Waals surface area contributed by atoms with Crippen LogP contribution in [-0.4, -0.2) is 40.8 Å². The lowest BCUT2D eigenvalue weighted by Gasteiger charge is -2.34. The molecular weight excluding hydrogens is 449 g/mol. The third-order valence-corrected chi connectivity index (χ3v) is 6.12. The molecule has 11 heteroatoms. The minimum Gasteiger partial charge on any atom is -0.349 e. The average molecular weight is 476 g/mol. The maximum atomic E-state index is 13.2. The lowest BCUT2D eigenvalue weighted by molar-refractivity contribution is -0.128. The number of hydrogen-bond acceptors (Lipinski definition) is 7. The van der Waals surface area contributed by atoms with Crippen molar-refractivity contribution >= 4 is 17.5 Å². The summed E-state index contributed by atoms with van der Waals surface area (Å²) in [6.45, 7) is 5.78. The monoisotopic (exact) mass is 475 g/mol. The molecule has 1 aliphatic rings. The van der Waals surface area contributed by atoms with Gasteiger partial charge in [0.2, 0.25) is 5.91 Å². The number of hydrogen-bond donors (Lipinski definition) is 3. The van der Waals surface area contributed by atoms with Crippen LogP contribution in [0.5, 0.6) is 0 Å². The number of rotatable bonds is 7. The van der Waals surface area contributed by atoms with Gasteiger partial charge in [-0.3, -0.25) is 9.89 Å². The molecule has 1 amide bonds. The number of pyridine rings is 1. The highest BCUT2D eigenvalue weighted by molar-refractivity contribution is 5.80. The standard InChI is InChI=1S/C24H26FN9O/c1-13-6-20(30-21-7-14(2)32-33-21)31-23(28-13)17-8-18(9-17)24(35)29-15(3)16-4-5-22(26-10-16)34-12-19(25)11-27-34/h4-7,10-12,15,17-18H,8-9H2,1-3H3,(H,29,35)(H2,28,30,31,32,33). The van der Waals surface area contributed by atoms with Crippen LogP contribution in [0.4, 0.5) is 16.0 Å². The molecule has 35 heavy (non-hydrogen) atoms. The highest BCUT2D eigenvalue weighted by Gasteiger charge is 2.37. The van der Waals surface area contributed by atoms with Gasteiger partial charge < -0.3 is 10.6 Å². The summed E-state index contributed by atoms with van der Waals surface area (Å²) in [7, 11) is 0. The number of halogens is 1. The smallest absolute Gasteiger partial charge is 0.223 e. The highest BCUT2D eigenvalue weighted by Crippen LogP contribution is 2.41. The molecule has 0 aliphatic heterocycles. The van der Waals surface area contributed by atoms with Gasteiger partial charge in [-0.15, -0.1) is 0 Å². The van der Waals surface area contributed by atoms with E-state index in [0.717, 1.165) is 29.0 Å². The van der Waals surface area contributed by atoms with Crippen molar-refractivity contribution in [3.05, 3.63) is 71.4 Å². The van der Waals surface area contributed by atoms with Gasteiger partial charge in [0.1, 0.15) is 11.6 Å². The predicted molar refractivity (Wildman–Crippen MR) is 127 cm³/mol. The van der Waals surface area contributed by atoms with Crippen molar-refractivity contribution in [1.82, 2.24) is 40.2 Å². The molecule has 1 unspecified atom stereocenters. The molecule has 1 saturated carbocycles. The molecule has 1 fully saturated rings. The van der Waals surface area contributed by atoms with Crippen molar-refractivity contribution in [2.45, 2.75) is 45.6 Å². The lowest BCUT2D eigenvalue weighted by Crippen LogP contribution is -2.39. The maximum Gasteiger partial charge on any atom is 0.223 e. The van der Waals surface area contributed by atoms with E-state index < -0.39 is 5.82 Å². The molecule has 0 radical (unpaired) electrons. The first-order chi connectivity index (χ1) is 16.8. The van der Waals surface area contributed by atoms with E-state index in [-0.39, 0.29) is 23.8 Å². The van der Waals surface area contributed by atoms with E-state index >= 15 is 0 Å². The largest absolute Gasteiger partial charge is 0.349 e. The third-order valence-electron chi connectivity index (χ3n) is 6.12. The number of amides is 1. The van der Waals surface area contributed by atoms with E-state index in [1.807, 2.05) is 39.0 Å². The zero-order valence-electron chi connectivity index (χ0n) is 19.7. The molecular formula is C24H26FN9O. The van der Waals surface area contributed by atoms with Crippen molar-refractivity contribution in [2.24, 2.45) is 5.92 Å². The van der Waals surface area contributed by atoms with Crippen LogP contribution in [0.2, 0.25) is 0 Å². The van der Waals surface area contributed by atoms with Gasteiger partial charge in [0.05, 0.1) is 18.4 Å². The quantitative estimate of drug-likeness (QED) is 0.372. The molecule has 4 heterocycles. The number of carbonyl (C=O) groups excluding carboxylic acids is 1. The molecule has 10 nitrogen and oxygen atoms in total. The Morgan fingerprint density at radius 3 is 2.66 bits per heavy atom. The summed E-state index contributed by atoms with van der Waals surface area (Å²) in [5.74, 6) is 2.27. The average Bonchev–Trinajstić information content (AvgIpc) is 3.40. The number of aromatic nitrogens is 7. The van der Waals surface area contributed by atoms with Gasteiger partial charge in [0.15, 0.2) is 17.5 Å². The summed E-state index contributed by atoms with van der Waals surface area (Å²) >= 11 is 0. The SMILES string of the molecule is Cc1cc(Nc2cc(C)[nH]n2)nc(C2CC(C(=O)NC(C)c3ccc(-n4cc(F)cn4)nc3)C2)n1. The lowest BCUT2D eigenvalue weighted by atomic mass is 9.73. The Labute approximate surface area is 201 Å². The van der Waals surface area contributed by atoms with Gasteiger partial charge in [-0.2, -0.15) is 10.2 Å². The molecule has 1 aliphatic carbocycles. The third kappa shape index (κ3) is 5.03. The number of aryl methyl sites for hydroxylation is 2. The number of H-pyrrole nitrogens is 1. The molecule has 0 bridgehead atoms. The van der Waals surface area contributed by atoms with Crippen LogP contribution in [-0.2, 0) is 4.79 Å². The Hall–Kier alpha value is -4.15. The number of anilines is 2. The van der Waals surface area contributed by atoms with Crippen LogP contribution >= 0.6 is 0 Å². The van der Waals surface area contributed by atoms with E-state index in [2.05, 4.69) is 40.9 Å². The first-order valence-corrected chi connectivity index (χ1v) is 11.5. The van der Waals surface area contributed by atoms with Crippen molar-refractivity contribution in [2.75, 3.05) is 5.32 Å². The van der Waals surface area contributed by atoms with E-state index in [0.29, 0.717) is 30.3 Å². The molecule has 3 N–H and O–H groups in total. The highest BCUT2D eigenvalue weighted by atomic mass is 19.1. The Kier molecular flexibility index (Phi) is 5.98. The van der Waals surface area contributed by atoms with Gasteiger partial charge in [0, 0.05) is 41.6 Å². The fourth-order valence-electron chi connectivity index (χ4n) is 4.12. The number of aromatic amines is 1. The molecule has 180 valence electrons. The van der Waals surface area contributed by atoms with Crippen LogP contribution in [0, 0.1) is 25.6 Å². The summed E-state index contributed by atoms with van der Waals surface area (Å²) in [5, 5.41) is 17.3. The van der Waals surface area contributed by atoms with E-state index in [1.54, 1.807) is 12.3 Å². The molecule has 5 rings (SSSR count). The molecule has 0 aromatic carbocycles. The fraction of sp³-hybridized carbons (Fsp3) is 0.333. The molecule has 1 atom stereocenters. The molecule has 4 aromatic rings. The van der Waals surface area contributed by atoms with Crippen LogP contribution in [0.25, 0.3) is 5.82 Å². The first kappa shape index (κ1) is 22.6. The zero-order chi connectivity index (χ0) is 24.5. The topological polar surface area (TPSA) is 126 Å². The second kappa shape index (κ2) is 9.24. The Bertz CT molecular complexity index is 1340. The summed E-state index contributed by atoms with van der Waals surface area (Å²) in [5.41, 5.74) is 2.68. The second-order valence-electron chi connectivity index (χ2n) is 8.96. The van der Waals surface area contributed by atoms with E-state index in [1.165, 1.54) is 10.9 Å². The molecule has 4 aromatic heterocycles. The normalized spacial score (nSPS) is 18.1. The number of carbonyl (C=O) groups is 1. The van der Waals surface area contributed by atoms with Crippen LogP contribution in [0.1, 0.15) is 54.5 Å². The second-order valence-corrected chi connectivity index (χ2v) is 8.96. The molecule has 0 saturated heterocycles. The van der Waals surface area contributed by atoms with Crippen molar-refractivity contribution < 1.29 is 9.18 Å². The Balaban J connectivity index is 1.16. The van der Waals surface area contributed by atoms with Crippen molar-refractivity contribution in [3.63, 3.8) is 0 Å². The molecule has 0 spiro atoms. The van der Waals surface area contributed by atoms with Gasteiger partial charge in [-0.05, 0) is 45.2 Å². The minimum absolute atomic E-state index is 0.00460.